The number of fused-ring (bicyclic) bond motifs is 2. The summed E-state index contributed by atoms with van der Waals surface area (Å²) in [6.07, 6.45) is 3.56. The third-order valence-corrected chi connectivity index (χ3v) is 3.31. The molecular formula is C18H17NO4. The molecule has 0 unspecified atom stereocenters. The van der Waals surface area contributed by atoms with Crippen molar-refractivity contribution in [1.82, 2.24) is 0 Å². The van der Waals surface area contributed by atoms with Crippen molar-refractivity contribution < 1.29 is 18.9 Å². The van der Waals surface area contributed by atoms with E-state index in [1.807, 2.05) is 36.4 Å². The molecule has 5 heteroatoms. The SMILES string of the molecule is C=Cc1ccc2c(c1)OCO2.CN=Cc1ccc2c(c1)OCO2. The van der Waals surface area contributed by atoms with Crippen LogP contribution in [0.15, 0.2) is 48.0 Å². The number of ether oxygens (including phenoxy) is 4. The smallest absolute Gasteiger partial charge is 0.231 e. The maximum Gasteiger partial charge on any atom is 0.231 e. The lowest BCUT2D eigenvalue weighted by atomic mass is 10.2. The van der Waals surface area contributed by atoms with Gasteiger partial charge in [0.1, 0.15) is 0 Å². The minimum absolute atomic E-state index is 0.321. The van der Waals surface area contributed by atoms with E-state index < -0.39 is 0 Å². The van der Waals surface area contributed by atoms with Gasteiger partial charge in [-0.05, 0) is 41.5 Å². The van der Waals surface area contributed by atoms with Gasteiger partial charge in [-0.3, -0.25) is 4.99 Å². The predicted molar refractivity (Wildman–Crippen MR) is 88.7 cm³/mol. The molecule has 0 fully saturated rings. The molecule has 23 heavy (non-hydrogen) atoms. The molecule has 0 radical (unpaired) electrons. The summed E-state index contributed by atoms with van der Waals surface area (Å²) >= 11 is 0. The highest BCUT2D eigenvalue weighted by atomic mass is 16.7. The Bertz CT molecular complexity index is 740. The highest BCUT2D eigenvalue weighted by Crippen LogP contribution is 2.33. The summed E-state index contributed by atoms with van der Waals surface area (Å²) in [5.74, 6) is 3.23. The molecule has 0 N–H and O–H groups in total. The Morgan fingerprint density at radius 2 is 1.35 bits per heavy atom. The fourth-order valence-corrected chi connectivity index (χ4v) is 2.18. The van der Waals surface area contributed by atoms with Crippen LogP contribution in [0.2, 0.25) is 0 Å². The van der Waals surface area contributed by atoms with Crippen LogP contribution >= 0.6 is 0 Å². The average molecular weight is 311 g/mol. The molecule has 0 amide bonds. The van der Waals surface area contributed by atoms with Gasteiger partial charge in [-0.2, -0.15) is 0 Å². The van der Waals surface area contributed by atoms with Gasteiger partial charge >= 0.3 is 0 Å². The van der Waals surface area contributed by atoms with Crippen molar-refractivity contribution in [2.24, 2.45) is 4.99 Å². The zero-order valence-electron chi connectivity index (χ0n) is 12.8. The van der Waals surface area contributed by atoms with E-state index in [4.69, 9.17) is 18.9 Å². The first-order chi connectivity index (χ1) is 11.3. The normalized spacial score (nSPS) is 13.6. The topological polar surface area (TPSA) is 49.3 Å². The van der Waals surface area contributed by atoms with Crippen molar-refractivity contribution in [1.29, 1.82) is 0 Å². The molecule has 2 aromatic rings. The Morgan fingerprint density at radius 3 is 1.91 bits per heavy atom. The Morgan fingerprint density at radius 1 is 0.826 bits per heavy atom. The molecule has 2 aliphatic heterocycles. The van der Waals surface area contributed by atoms with Crippen molar-refractivity contribution in [2.75, 3.05) is 20.6 Å². The van der Waals surface area contributed by atoms with Crippen molar-refractivity contribution in [3.05, 3.63) is 54.1 Å². The molecule has 0 saturated carbocycles. The van der Waals surface area contributed by atoms with Gasteiger partial charge in [-0.1, -0.05) is 18.7 Å². The van der Waals surface area contributed by atoms with Crippen LogP contribution in [0, 0.1) is 0 Å². The fraction of sp³-hybridized carbons (Fsp3) is 0.167. The third kappa shape index (κ3) is 3.45. The second-order valence-electron chi connectivity index (χ2n) is 4.82. The second kappa shape index (κ2) is 6.87. The van der Waals surface area contributed by atoms with E-state index in [1.54, 1.807) is 19.3 Å². The first-order valence-corrected chi connectivity index (χ1v) is 7.14. The molecule has 2 aromatic carbocycles. The second-order valence-corrected chi connectivity index (χ2v) is 4.82. The molecule has 0 saturated heterocycles. The molecule has 0 spiro atoms. The Balaban J connectivity index is 0.000000136. The largest absolute Gasteiger partial charge is 0.454 e. The van der Waals surface area contributed by atoms with Crippen molar-refractivity contribution in [3.8, 4) is 23.0 Å². The molecule has 0 atom stereocenters. The van der Waals surface area contributed by atoms with Crippen molar-refractivity contribution in [2.45, 2.75) is 0 Å². The quantitative estimate of drug-likeness (QED) is 0.796. The van der Waals surface area contributed by atoms with Gasteiger partial charge in [0.25, 0.3) is 0 Å². The summed E-state index contributed by atoms with van der Waals surface area (Å²) in [6, 6.07) is 11.5. The number of nitrogens with zero attached hydrogens (tertiary/aromatic N) is 1. The first kappa shape index (κ1) is 15.0. The molecular weight excluding hydrogens is 294 g/mol. The van der Waals surface area contributed by atoms with Gasteiger partial charge < -0.3 is 18.9 Å². The predicted octanol–water partition coefficient (Wildman–Crippen LogP) is 3.52. The molecule has 0 aliphatic carbocycles. The minimum Gasteiger partial charge on any atom is -0.454 e. The molecule has 0 aromatic heterocycles. The molecule has 118 valence electrons. The lowest BCUT2D eigenvalue weighted by molar-refractivity contribution is 0.173. The van der Waals surface area contributed by atoms with E-state index in [-0.39, 0.29) is 0 Å². The number of hydrogen-bond acceptors (Lipinski definition) is 5. The van der Waals surface area contributed by atoms with E-state index in [0.29, 0.717) is 13.6 Å². The number of rotatable bonds is 2. The van der Waals surface area contributed by atoms with Crippen LogP contribution in [0.4, 0.5) is 0 Å². The molecule has 4 rings (SSSR count). The number of benzene rings is 2. The van der Waals surface area contributed by atoms with E-state index in [9.17, 15) is 0 Å². The Labute approximate surface area is 134 Å². The Hall–Kier alpha value is -2.95. The molecule has 0 bridgehead atoms. The van der Waals surface area contributed by atoms with Gasteiger partial charge in [-0.25, -0.2) is 0 Å². The average Bonchev–Trinajstić information content (AvgIpc) is 3.23. The summed E-state index contributed by atoms with van der Waals surface area (Å²) in [5.41, 5.74) is 2.08. The van der Waals surface area contributed by atoms with Gasteiger partial charge in [0.05, 0.1) is 0 Å². The highest BCUT2D eigenvalue weighted by Gasteiger charge is 2.12. The fourth-order valence-electron chi connectivity index (χ4n) is 2.18. The van der Waals surface area contributed by atoms with Crippen LogP contribution < -0.4 is 18.9 Å². The van der Waals surface area contributed by atoms with Crippen LogP contribution in [-0.4, -0.2) is 26.8 Å². The highest BCUT2D eigenvalue weighted by molar-refractivity contribution is 5.80. The lowest BCUT2D eigenvalue weighted by Crippen LogP contribution is -1.92. The maximum atomic E-state index is 5.20. The van der Waals surface area contributed by atoms with Gasteiger partial charge in [0.15, 0.2) is 23.0 Å². The minimum atomic E-state index is 0.321. The van der Waals surface area contributed by atoms with E-state index in [2.05, 4.69) is 11.6 Å². The van der Waals surface area contributed by atoms with E-state index in [1.165, 1.54) is 0 Å². The summed E-state index contributed by atoms with van der Waals surface area (Å²) in [6.45, 7) is 4.31. The molecule has 5 nitrogen and oxygen atoms in total. The van der Waals surface area contributed by atoms with Crippen LogP contribution in [-0.2, 0) is 0 Å². The summed E-state index contributed by atoms with van der Waals surface area (Å²) < 4.78 is 20.7. The van der Waals surface area contributed by atoms with Crippen LogP contribution in [0.3, 0.4) is 0 Å². The molecule has 2 heterocycles. The van der Waals surface area contributed by atoms with Crippen molar-refractivity contribution >= 4 is 12.3 Å². The van der Waals surface area contributed by atoms with Gasteiger partial charge in [-0.15, -0.1) is 0 Å². The number of aliphatic imine (C=N–C) groups is 1. The first-order valence-electron chi connectivity index (χ1n) is 7.14. The summed E-state index contributed by atoms with van der Waals surface area (Å²) in [5, 5.41) is 0. The van der Waals surface area contributed by atoms with Gasteiger partial charge in [0.2, 0.25) is 13.6 Å². The maximum absolute atomic E-state index is 5.20. The zero-order chi connectivity index (χ0) is 16.1. The third-order valence-electron chi connectivity index (χ3n) is 3.31. The van der Waals surface area contributed by atoms with E-state index >= 15 is 0 Å². The zero-order valence-corrected chi connectivity index (χ0v) is 12.8. The van der Waals surface area contributed by atoms with E-state index in [0.717, 1.165) is 34.1 Å². The summed E-state index contributed by atoms with van der Waals surface area (Å²) in [4.78, 5) is 3.91. The number of hydrogen-bond donors (Lipinski definition) is 0. The molecule has 2 aliphatic rings. The van der Waals surface area contributed by atoms with Crippen LogP contribution in [0.25, 0.3) is 6.08 Å². The van der Waals surface area contributed by atoms with Crippen LogP contribution in [0.5, 0.6) is 23.0 Å². The lowest BCUT2D eigenvalue weighted by Gasteiger charge is -1.95. The summed E-state index contributed by atoms with van der Waals surface area (Å²) in [7, 11) is 1.74. The van der Waals surface area contributed by atoms with Gasteiger partial charge in [0, 0.05) is 13.3 Å². The Kier molecular flexibility index (Phi) is 4.47. The van der Waals surface area contributed by atoms with Crippen LogP contribution in [0.1, 0.15) is 11.1 Å². The monoisotopic (exact) mass is 311 g/mol. The van der Waals surface area contributed by atoms with Crippen molar-refractivity contribution in [3.63, 3.8) is 0 Å². The standard InChI is InChI=1S/C9H9NO2.C9H8O2/c1-10-5-7-2-3-8-9(4-7)12-6-11-8;1-2-7-3-4-8-9(5-7)11-6-10-8/h2-5H,6H2,1H3;2-5H,1,6H2.